The van der Waals surface area contributed by atoms with Crippen molar-refractivity contribution < 1.29 is 0 Å². The number of hydrogen-bond donors (Lipinski definition) is 0. The van der Waals surface area contributed by atoms with E-state index in [1.807, 2.05) is 0 Å². The van der Waals surface area contributed by atoms with Gasteiger partial charge in [0.15, 0.2) is 0 Å². The highest BCUT2D eigenvalue weighted by molar-refractivity contribution is 5.74. The Kier molecular flexibility index (Phi) is 5.08. The van der Waals surface area contributed by atoms with Crippen LogP contribution in [0.15, 0.2) is 72.8 Å². The third kappa shape index (κ3) is 4.57. The third-order valence-electron chi connectivity index (χ3n) is 4.00. The van der Waals surface area contributed by atoms with E-state index in [0.717, 1.165) is 0 Å². The SMILES string of the molecule is Cc1ccc(/C=C/c2cccc(/C=C/c3ccc(C)cc3)c2)cc1. The Morgan fingerprint density at radius 3 is 1.25 bits per heavy atom. The van der Waals surface area contributed by atoms with Crippen molar-refractivity contribution in [2.75, 3.05) is 0 Å². The molecule has 0 aliphatic heterocycles. The smallest absolute Gasteiger partial charge is 0.0251 e. The monoisotopic (exact) mass is 310 g/mol. The van der Waals surface area contributed by atoms with Gasteiger partial charge in [0.25, 0.3) is 0 Å². The maximum atomic E-state index is 2.20. The number of benzene rings is 3. The van der Waals surface area contributed by atoms with Gasteiger partial charge in [0.1, 0.15) is 0 Å². The van der Waals surface area contributed by atoms with Crippen molar-refractivity contribution in [2.24, 2.45) is 0 Å². The standard InChI is InChI=1S/C24H22/c1-19-6-10-21(11-7-19)14-16-23-4-3-5-24(18-23)17-15-22-12-8-20(2)9-13-22/h3-18H,1-2H3/b16-14+,17-15+. The molecule has 0 heteroatoms. The van der Waals surface area contributed by atoms with E-state index in [2.05, 4.69) is 111 Å². The Hall–Kier alpha value is -2.86. The molecule has 3 rings (SSSR count). The molecule has 24 heavy (non-hydrogen) atoms. The van der Waals surface area contributed by atoms with Gasteiger partial charge < -0.3 is 0 Å². The van der Waals surface area contributed by atoms with Crippen LogP contribution in [0, 0.1) is 13.8 Å². The second kappa shape index (κ2) is 7.61. The fraction of sp³-hybridized carbons (Fsp3) is 0.0833. The number of aryl methyl sites for hydroxylation is 2. The molecule has 0 bridgehead atoms. The van der Waals surface area contributed by atoms with Crippen molar-refractivity contribution >= 4 is 24.3 Å². The molecule has 0 amide bonds. The molecule has 0 N–H and O–H groups in total. The molecule has 0 unspecified atom stereocenters. The first-order chi connectivity index (χ1) is 11.7. The molecule has 0 radical (unpaired) electrons. The molecule has 0 nitrogen and oxygen atoms in total. The Bertz CT molecular complexity index is 777. The van der Waals surface area contributed by atoms with E-state index in [1.54, 1.807) is 0 Å². The third-order valence-corrected chi connectivity index (χ3v) is 4.00. The van der Waals surface area contributed by atoms with Crippen molar-refractivity contribution in [3.63, 3.8) is 0 Å². The van der Waals surface area contributed by atoms with Gasteiger partial charge in [0, 0.05) is 0 Å². The van der Waals surface area contributed by atoms with Crippen molar-refractivity contribution in [3.8, 4) is 0 Å². The molecule has 0 aliphatic carbocycles. The van der Waals surface area contributed by atoms with Crippen LogP contribution in [-0.2, 0) is 0 Å². The van der Waals surface area contributed by atoms with Crippen LogP contribution in [-0.4, -0.2) is 0 Å². The summed E-state index contributed by atoms with van der Waals surface area (Å²) < 4.78 is 0. The summed E-state index contributed by atoms with van der Waals surface area (Å²) in [5.41, 5.74) is 7.44. The highest BCUT2D eigenvalue weighted by Gasteiger charge is 1.92. The first kappa shape index (κ1) is 16.0. The predicted octanol–water partition coefficient (Wildman–Crippen LogP) is 6.64. The van der Waals surface area contributed by atoms with Gasteiger partial charge in [-0.05, 0) is 42.2 Å². The van der Waals surface area contributed by atoms with E-state index in [4.69, 9.17) is 0 Å². The lowest BCUT2D eigenvalue weighted by Gasteiger charge is -1.99. The molecule has 3 aromatic carbocycles. The van der Waals surface area contributed by atoms with Gasteiger partial charge in [-0.3, -0.25) is 0 Å². The van der Waals surface area contributed by atoms with Crippen LogP contribution in [0.3, 0.4) is 0 Å². The normalized spacial score (nSPS) is 11.4. The highest BCUT2D eigenvalue weighted by Crippen LogP contribution is 2.14. The first-order valence-corrected chi connectivity index (χ1v) is 8.29. The summed E-state index contributed by atoms with van der Waals surface area (Å²) >= 11 is 0. The van der Waals surface area contributed by atoms with Crippen molar-refractivity contribution in [1.29, 1.82) is 0 Å². The maximum absolute atomic E-state index is 2.20. The fourth-order valence-electron chi connectivity index (χ4n) is 2.51. The van der Waals surface area contributed by atoms with Gasteiger partial charge >= 0.3 is 0 Å². The predicted molar refractivity (Wildman–Crippen MR) is 107 cm³/mol. The molecular formula is C24H22. The fourth-order valence-corrected chi connectivity index (χ4v) is 2.51. The van der Waals surface area contributed by atoms with Crippen molar-refractivity contribution in [2.45, 2.75) is 13.8 Å². The lowest BCUT2D eigenvalue weighted by Crippen LogP contribution is -1.78. The summed E-state index contributed by atoms with van der Waals surface area (Å²) in [5, 5.41) is 0. The van der Waals surface area contributed by atoms with Crippen molar-refractivity contribution in [1.82, 2.24) is 0 Å². The molecule has 0 aromatic heterocycles. The van der Waals surface area contributed by atoms with E-state index >= 15 is 0 Å². The van der Waals surface area contributed by atoms with Crippen LogP contribution < -0.4 is 0 Å². The Balaban J connectivity index is 1.74. The lowest BCUT2D eigenvalue weighted by atomic mass is 10.1. The summed E-state index contributed by atoms with van der Waals surface area (Å²) in [6.07, 6.45) is 8.63. The topological polar surface area (TPSA) is 0 Å². The zero-order valence-corrected chi connectivity index (χ0v) is 14.2. The molecule has 0 saturated heterocycles. The number of hydrogen-bond acceptors (Lipinski definition) is 0. The van der Waals surface area contributed by atoms with Crippen LogP contribution in [0.4, 0.5) is 0 Å². The van der Waals surface area contributed by atoms with E-state index in [0.29, 0.717) is 0 Å². The van der Waals surface area contributed by atoms with Crippen LogP contribution in [0.25, 0.3) is 24.3 Å². The van der Waals surface area contributed by atoms with E-state index in [9.17, 15) is 0 Å². The molecular weight excluding hydrogens is 288 g/mol. The molecule has 0 spiro atoms. The van der Waals surface area contributed by atoms with Crippen LogP contribution in [0.5, 0.6) is 0 Å². The lowest BCUT2D eigenvalue weighted by molar-refractivity contribution is 1.46. The van der Waals surface area contributed by atoms with Crippen LogP contribution in [0.2, 0.25) is 0 Å². The van der Waals surface area contributed by atoms with Gasteiger partial charge in [0.2, 0.25) is 0 Å². The Labute approximate surface area is 144 Å². The van der Waals surface area contributed by atoms with E-state index in [1.165, 1.54) is 33.4 Å². The summed E-state index contributed by atoms with van der Waals surface area (Å²) in [4.78, 5) is 0. The average molecular weight is 310 g/mol. The molecule has 0 aliphatic rings. The Morgan fingerprint density at radius 1 is 0.458 bits per heavy atom. The first-order valence-electron chi connectivity index (χ1n) is 8.29. The highest BCUT2D eigenvalue weighted by atomic mass is 14.0. The van der Waals surface area contributed by atoms with E-state index in [-0.39, 0.29) is 0 Å². The van der Waals surface area contributed by atoms with Gasteiger partial charge in [0.05, 0.1) is 0 Å². The van der Waals surface area contributed by atoms with Crippen molar-refractivity contribution in [3.05, 3.63) is 106 Å². The summed E-state index contributed by atoms with van der Waals surface area (Å²) in [5.74, 6) is 0. The minimum absolute atomic E-state index is 1.21. The summed E-state index contributed by atoms with van der Waals surface area (Å²) in [6.45, 7) is 4.22. The molecule has 0 heterocycles. The van der Waals surface area contributed by atoms with Gasteiger partial charge in [-0.25, -0.2) is 0 Å². The van der Waals surface area contributed by atoms with Gasteiger partial charge in [-0.1, -0.05) is 102 Å². The molecule has 3 aromatic rings. The molecule has 118 valence electrons. The molecule has 0 fully saturated rings. The summed E-state index contributed by atoms with van der Waals surface area (Å²) in [6, 6.07) is 25.7. The van der Waals surface area contributed by atoms with Crippen LogP contribution >= 0.6 is 0 Å². The van der Waals surface area contributed by atoms with Crippen LogP contribution in [0.1, 0.15) is 33.4 Å². The zero-order chi connectivity index (χ0) is 16.8. The van der Waals surface area contributed by atoms with Gasteiger partial charge in [-0.15, -0.1) is 0 Å². The minimum atomic E-state index is 1.21. The zero-order valence-electron chi connectivity index (χ0n) is 14.2. The summed E-state index contributed by atoms with van der Waals surface area (Å²) in [7, 11) is 0. The second-order valence-corrected chi connectivity index (χ2v) is 6.16. The van der Waals surface area contributed by atoms with Gasteiger partial charge in [-0.2, -0.15) is 0 Å². The maximum Gasteiger partial charge on any atom is -0.0251 e. The quantitative estimate of drug-likeness (QED) is 0.473. The Morgan fingerprint density at radius 2 is 0.833 bits per heavy atom. The van der Waals surface area contributed by atoms with E-state index < -0.39 is 0 Å². The molecule has 0 saturated carbocycles. The largest absolute Gasteiger partial charge is 0.0611 e. The second-order valence-electron chi connectivity index (χ2n) is 6.16. The minimum Gasteiger partial charge on any atom is -0.0611 e. The average Bonchev–Trinajstić information content (AvgIpc) is 2.61. The number of rotatable bonds is 4. The molecule has 0 atom stereocenters.